The zero-order valence-electron chi connectivity index (χ0n) is 13.6. The van der Waals surface area contributed by atoms with Crippen molar-refractivity contribution in [1.82, 2.24) is 14.9 Å². The number of amides is 1. The highest BCUT2D eigenvalue weighted by Gasteiger charge is 2.25. The van der Waals surface area contributed by atoms with Gasteiger partial charge in [0.1, 0.15) is 0 Å². The van der Waals surface area contributed by atoms with Crippen LogP contribution >= 0.6 is 11.8 Å². The van der Waals surface area contributed by atoms with E-state index < -0.39 is 0 Å². The highest BCUT2D eigenvalue weighted by molar-refractivity contribution is 7.99. The monoisotopic (exact) mass is 323 g/mol. The Labute approximate surface area is 135 Å². The standard InChI is InChI=1S/C16H25N3O2S/c1-4-5-13-7-14(20)18-16(17-13)22-10-15(21)19-8-11(2)6-12(3)9-19/h7,11-12H,4-6,8-10H2,1-3H3,(H,17,18,20). The van der Waals surface area contributed by atoms with Gasteiger partial charge in [0.05, 0.1) is 5.75 Å². The summed E-state index contributed by atoms with van der Waals surface area (Å²) in [6, 6.07) is 1.53. The number of aromatic nitrogens is 2. The molecule has 22 heavy (non-hydrogen) atoms. The molecule has 0 spiro atoms. The number of likely N-dealkylation sites (tertiary alicyclic amines) is 1. The molecule has 5 nitrogen and oxygen atoms in total. The number of aryl methyl sites for hydroxylation is 1. The summed E-state index contributed by atoms with van der Waals surface area (Å²) in [6.45, 7) is 8.11. The molecule has 2 unspecified atom stereocenters. The molecule has 1 aromatic heterocycles. The average molecular weight is 323 g/mol. The molecule has 0 saturated carbocycles. The number of H-pyrrole nitrogens is 1. The van der Waals surface area contributed by atoms with Crippen LogP contribution in [-0.2, 0) is 11.2 Å². The zero-order chi connectivity index (χ0) is 16.1. The topological polar surface area (TPSA) is 66.1 Å². The lowest BCUT2D eigenvalue weighted by Crippen LogP contribution is -2.43. The van der Waals surface area contributed by atoms with Crippen LogP contribution in [0.2, 0.25) is 0 Å². The van der Waals surface area contributed by atoms with Crippen LogP contribution in [0.4, 0.5) is 0 Å². The Kier molecular flexibility index (Phi) is 6.06. The number of aromatic amines is 1. The molecule has 6 heteroatoms. The van der Waals surface area contributed by atoms with E-state index in [9.17, 15) is 9.59 Å². The zero-order valence-corrected chi connectivity index (χ0v) is 14.4. The Balaban J connectivity index is 1.94. The van der Waals surface area contributed by atoms with Crippen molar-refractivity contribution >= 4 is 17.7 Å². The minimum Gasteiger partial charge on any atom is -0.341 e. The first-order valence-electron chi connectivity index (χ1n) is 7.98. The maximum absolute atomic E-state index is 12.3. The van der Waals surface area contributed by atoms with E-state index in [1.807, 2.05) is 4.90 Å². The van der Waals surface area contributed by atoms with Gasteiger partial charge in [0.2, 0.25) is 5.91 Å². The smallest absolute Gasteiger partial charge is 0.251 e. The molecule has 122 valence electrons. The fraction of sp³-hybridized carbons (Fsp3) is 0.688. The summed E-state index contributed by atoms with van der Waals surface area (Å²) in [6.07, 6.45) is 2.92. The molecular formula is C16H25N3O2S. The highest BCUT2D eigenvalue weighted by Crippen LogP contribution is 2.22. The van der Waals surface area contributed by atoms with Crippen LogP contribution in [0.3, 0.4) is 0 Å². The van der Waals surface area contributed by atoms with Gasteiger partial charge in [-0.3, -0.25) is 9.59 Å². The van der Waals surface area contributed by atoms with Gasteiger partial charge in [-0.05, 0) is 24.7 Å². The Morgan fingerprint density at radius 1 is 1.41 bits per heavy atom. The number of nitrogens with zero attached hydrogens (tertiary/aromatic N) is 2. The fourth-order valence-electron chi connectivity index (χ4n) is 3.02. The average Bonchev–Trinajstić information content (AvgIpc) is 2.43. The van der Waals surface area contributed by atoms with Crippen LogP contribution in [-0.4, -0.2) is 39.6 Å². The molecule has 0 aromatic carbocycles. The van der Waals surface area contributed by atoms with Gasteiger partial charge in [-0.15, -0.1) is 0 Å². The summed E-state index contributed by atoms with van der Waals surface area (Å²) in [5.74, 6) is 1.58. The first-order chi connectivity index (χ1) is 10.5. The largest absolute Gasteiger partial charge is 0.341 e. The molecule has 1 aliphatic heterocycles. The van der Waals surface area contributed by atoms with E-state index >= 15 is 0 Å². The summed E-state index contributed by atoms with van der Waals surface area (Å²) in [5, 5.41) is 0.544. The number of piperidine rings is 1. The van der Waals surface area contributed by atoms with Gasteiger partial charge in [0, 0.05) is 24.8 Å². The minimum atomic E-state index is -0.145. The second-order valence-electron chi connectivity index (χ2n) is 6.33. The van der Waals surface area contributed by atoms with E-state index in [4.69, 9.17) is 0 Å². The highest BCUT2D eigenvalue weighted by atomic mass is 32.2. The molecule has 1 fully saturated rings. The summed E-state index contributed by atoms with van der Waals surface area (Å²) in [5.41, 5.74) is 0.648. The van der Waals surface area contributed by atoms with Crippen molar-refractivity contribution < 1.29 is 4.79 Å². The van der Waals surface area contributed by atoms with Gasteiger partial charge in [-0.25, -0.2) is 4.98 Å². The second-order valence-corrected chi connectivity index (χ2v) is 7.29. The number of hydrogen-bond donors (Lipinski definition) is 1. The Morgan fingerprint density at radius 2 is 2.09 bits per heavy atom. The first-order valence-corrected chi connectivity index (χ1v) is 8.97. The third kappa shape index (κ3) is 4.87. The number of carbonyl (C=O) groups excluding carboxylic acids is 1. The van der Waals surface area contributed by atoms with Gasteiger partial charge in [0.25, 0.3) is 5.56 Å². The normalized spacial score (nSPS) is 21.9. The third-order valence-corrected chi connectivity index (χ3v) is 4.69. The van der Waals surface area contributed by atoms with Crippen LogP contribution < -0.4 is 5.56 Å². The molecular weight excluding hydrogens is 298 g/mol. The molecule has 2 atom stereocenters. The first kappa shape index (κ1) is 17.1. The van der Waals surface area contributed by atoms with Gasteiger partial charge in [-0.2, -0.15) is 0 Å². The second kappa shape index (κ2) is 7.81. The quantitative estimate of drug-likeness (QED) is 0.667. The molecule has 1 aromatic rings. The Hall–Kier alpha value is -1.30. The van der Waals surface area contributed by atoms with Crippen LogP contribution in [0.1, 0.15) is 39.3 Å². The van der Waals surface area contributed by atoms with Crippen molar-refractivity contribution in [3.63, 3.8) is 0 Å². The van der Waals surface area contributed by atoms with E-state index in [-0.39, 0.29) is 11.5 Å². The Morgan fingerprint density at radius 3 is 2.73 bits per heavy atom. The lowest BCUT2D eigenvalue weighted by Gasteiger charge is -2.34. The molecule has 2 heterocycles. The molecule has 0 aliphatic carbocycles. The molecule has 1 amide bonds. The number of thioether (sulfide) groups is 1. The van der Waals surface area contributed by atoms with Gasteiger partial charge in [-0.1, -0.05) is 39.0 Å². The van der Waals surface area contributed by atoms with Crippen LogP contribution in [0.15, 0.2) is 16.0 Å². The van der Waals surface area contributed by atoms with Crippen molar-refractivity contribution in [2.45, 2.75) is 45.2 Å². The molecule has 0 radical (unpaired) electrons. The number of rotatable bonds is 5. The van der Waals surface area contributed by atoms with Crippen LogP contribution in [0.25, 0.3) is 0 Å². The van der Waals surface area contributed by atoms with E-state index in [1.165, 1.54) is 24.2 Å². The summed E-state index contributed by atoms with van der Waals surface area (Å²) in [7, 11) is 0. The lowest BCUT2D eigenvalue weighted by atomic mass is 9.92. The number of nitrogens with one attached hydrogen (secondary N) is 1. The number of hydrogen-bond acceptors (Lipinski definition) is 4. The van der Waals surface area contributed by atoms with E-state index in [0.29, 0.717) is 22.7 Å². The van der Waals surface area contributed by atoms with Gasteiger partial charge >= 0.3 is 0 Å². The van der Waals surface area contributed by atoms with Crippen LogP contribution in [0.5, 0.6) is 0 Å². The number of carbonyl (C=O) groups is 1. The predicted octanol–water partition coefficient (Wildman–Crippen LogP) is 2.32. The van der Waals surface area contributed by atoms with Crippen LogP contribution in [0, 0.1) is 11.8 Å². The van der Waals surface area contributed by atoms with E-state index in [1.54, 1.807) is 0 Å². The summed E-state index contributed by atoms with van der Waals surface area (Å²) >= 11 is 1.32. The predicted molar refractivity (Wildman–Crippen MR) is 89.1 cm³/mol. The van der Waals surface area contributed by atoms with E-state index in [2.05, 4.69) is 30.7 Å². The lowest BCUT2D eigenvalue weighted by molar-refractivity contribution is -0.130. The molecule has 0 bridgehead atoms. The fourth-order valence-corrected chi connectivity index (χ4v) is 3.82. The van der Waals surface area contributed by atoms with Crippen molar-refractivity contribution in [3.8, 4) is 0 Å². The third-order valence-electron chi connectivity index (χ3n) is 3.83. The maximum Gasteiger partial charge on any atom is 0.251 e. The summed E-state index contributed by atoms with van der Waals surface area (Å²) < 4.78 is 0. The molecule has 1 saturated heterocycles. The van der Waals surface area contributed by atoms with Crippen molar-refractivity contribution in [3.05, 3.63) is 22.1 Å². The van der Waals surface area contributed by atoms with Crippen molar-refractivity contribution in [2.24, 2.45) is 11.8 Å². The molecule has 1 N–H and O–H groups in total. The Bertz CT molecular complexity index is 563. The van der Waals surface area contributed by atoms with Crippen molar-refractivity contribution in [2.75, 3.05) is 18.8 Å². The van der Waals surface area contributed by atoms with Crippen molar-refractivity contribution in [1.29, 1.82) is 0 Å². The minimum absolute atomic E-state index is 0.131. The van der Waals surface area contributed by atoms with E-state index in [0.717, 1.165) is 31.6 Å². The van der Waals surface area contributed by atoms with Gasteiger partial charge in [0.15, 0.2) is 5.16 Å². The SMILES string of the molecule is CCCc1cc(=O)[nH]c(SCC(=O)N2CC(C)CC(C)C2)n1. The molecule has 1 aliphatic rings. The summed E-state index contributed by atoms with van der Waals surface area (Å²) in [4.78, 5) is 33.0. The molecule has 2 rings (SSSR count). The maximum atomic E-state index is 12.3. The van der Waals surface area contributed by atoms with Gasteiger partial charge < -0.3 is 9.88 Å².